The normalized spacial score (nSPS) is 10.5. The van der Waals surface area contributed by atoms with Gasteiger partial charge in [-0.15, -0.1) is 0 Å². The first-order valence-electron chi connectivity index (χ1n) is 6.48. The van der Waals surface area contributed by atoms with Crippen LogP contribution in [0.2, 0.25) is 0 Å². The summed E-state index contributed by atoms with van der Waals surface area (Å²) in [7, 11) is 3.10. The number of phenolic OH excluding ortho intramolecular Hbond substituents is 1. The molecule has 2 aromatic rings. The number of hydrogen-bond acceptors (Lipinski definition) is 5. The zero-order valence-electron chi connectivity index (χ0n) is 12.2. The second-order valence-corrected chi connectivity index (χ2v) is 4.36. The molecule has 0 fully saturated rings. The van der Waals surface area contributed by atoms with E-state index in [-0.39, 0.29) is 11.3 Å². The molecule has 0 aliphatic heterocycles. The summed E-state index contributed by atoms with van der Waals surface area (Å²) >= 11 is 0. The van der Waals surface area contributed by atoms with Gasteiger partial charge in [-0.3, -0.25) is 4.79 Å². The van der Waals surface area contributed by atoms with E-state index in [1.807, 2.05) is 0 Å². The van der Waals surface area contributed by atoms with Crippen LogP contribution in [0.3, 0.4) is 0 Å². The summed E-state index contributed by atoms with van der Waals surface area (Å²) in [6, 6.07) is 11.5. The molecular formula is C16H16N2O4. The number of carbonyl (C=O) groups is 1. The second-order valence-electron chi connectivity index (χ2n) is 4.36. The van der Waals surface area contributed by atoms with Crippen LogP contribution in [0.1, 0.15) is 15.9 Å². The lowest BCUT2D eigenvalue weighted by Gasteiger charge is -2.05. The number of hydrazone groups is 1. The number of nitrogens with zero attached hydrogens (tertiary/aromatic N) is 1. The summed E-state index contributed by atoms with van der Waals surface area (Å²) in [4.78, 5) is 11.9. The van der Waals surface area contributed by atoms with Gasteiger partial charge in [0.2, 0.25) is 0 Å². The minimum Gasteiger partial charge on any atom is -0.507 e. The third-order valence-corrected chi connectivity index (χ3v) is 2.90. The van der Waals surface area contributed by atoms with E-state index in [4.69, 9.17) is 9.47 Å². The van der Waals surface area contributed by atoms with Gasteiger partial charge < -0.3 is 14.6 Å². The number of carbonyl (C=O) groups excluding carboxylic acids is 1. The lowest BCUT2D eigenvalue weighted by Crippen LogP contribution is -2.17. The smallest absolute Gasteiger partial charge is 0.275 e. The van der Waals surface area contributed by atoms with E-state index >= 15 is 0 Å². The number of hydrogen-bond donors (Lipinski definition) is 2. The zero-order valence-corrected chi connectivity index (χ0v) is 12.2. The maximum Gasteiger partial charge on any atom is 0.275 e. The van der Waals surface area contributed by atoms with Crippen LogP contribution in [0.25, 0.3) is 0 Å². The molecule has 0 atom stereocenters. The fraction of sp³-hybridized carbons (Fsp3) is 0.125. The van der Waals surface area contributed by atoms with Gasteiger partial charge in [0, 0.05) is 11.6 Å². The highest BCUT2D eigenvalue weighted by Gasteiger charge is 2.08. The van der Waals surface area contributed by atoms with Crippen molar-refractivity contribution in [3.05, 3.63) is 53.6 Å². The molecule has 0 heterocycles. The Kier molecular flexibility index (Phi) is 4.98. The van der Waals surface area contributed by atoms with Crippen LogP contribution in [0.5, 0.6) is 17.2 Å². The zero-order chi connectivity index (χ0) is 15.9. The number of aromatic hydroxyl groups is 1. The molecule has 2 aromatic carbocycles. The second kappa shape index (κ2) is 7.12. The third-order valence-electron chi connectivity index (χ3n) is 2.90. The molecular weight excluding hydrogens is 284 g/mol. The molecule has 0 aromatic heterocycles. The highest BCUT2D eigenvalue weighted by molar-refractivity contribution is 5.97. The number of para-hydroxylation sites is 1. The van der Waals surface area contributed by atoms with Gasteiger partial charge in [-0.2, -0.15) is 5.10 Å². The fourth-order valence-corrected chi connectivity index (χ4v) is 1.80. The Bertz CT molecular complexity index is 676. The number of amides is 1. The first-order chi connectivity index (χ1) is 10.6. The SMILES string of the molecule is COc1cc(/C=N\NC(=O)c2ccccc2O)cc(OC)c1. The molecule has 6 nitrogen and oxygen atoms in total. The Labute approximate surface area is 128 Å². The van der Waals surface area contributed by atoms with Crippen molar-refractivity contribution in [3.63, 3.8) is 0 Å². The van der Waals surface area contributed by atoms with E-state index < -0.39 is 5.91 Å². The molecule has 0 aliphatic rings. The van der Waals surface area contributed by atoms with Crippen molar-refractivity contribution in [2.24, 2.45) is 5.10 Å². The van der Waals surface area contributed by atoms with Crippen molar-refractivity contribution in [2.45, 2.75) is 0 Å². The van der Waals surface area contributed by atoms with Crippen molar-refractivity contribution in [2.75, 3.05) is 14.2 Å². The van der Waals surface area contributed by atoms with E-state index in [0.717, 1.165) is 0 Å². The molecule has 2 N–H and O–H groups in total. The fourth-order valence-electron chi connectivity index (χ4n) is 1.80. The molecule has 6 heteroatoms. The maximum absolute atomic E-state index is 11.9. The van der Waals surface area contributed by atoms with Crippen LogP contribution in [-0.4, -0.2) is 31.4 Å². The lowest BCUT2D eigenvalue weighted by atomic mass is 10.2. The Morgan fingerprint density at radius 3 is 2.36 bits per heavy atom. The van der Waals surface area contributed by atoms with Gasteiger partial charge in [0.05, 0.1) is 26.0 Å². The molecule has 0 spiro atoms. The number of benzene rings is 2. The number of rotatable bonds is 5. The summed E-state index contributed by atoms with van der Waals surface area (Å²) in [5.41, 5.74) is 3.21. The average molecular weight is 300 g/mol. The number of phenols is 1. The van der Waals surface area contributed by atoms with E-state index in [2.05, 4.69) is 10.5 Å². The Balaban J connectivity index is 2.09. The van der Waals surface area contributed by atoms with E-state index in [1.54, 1.807) is 44.6 Å². The van der Waals surface area contributed by atoms with E-state index in [9.17, 15) is 9.90 Å². The molecule has 0 aliphatic carbocycles. The predicted octanol–water partition coefficient (Wildman–Crippen LogP) is 2.17. The molecule has 0 saturated heterocycles. The van der Waals surface area contributed by atoms with Gasteiger partial charge in [0.15, 0.2) is 0 Å². The Hall–Kier alpha value is -3.02. The molecule has 1 amide bonds. The standard InChI is InChI=1S/C16H16N2O4/c1-21-12-7-11(8-13(9-12)22-2)10-17-18-16(20)14-5-3-4-6-15(14)19/h3-10,19H,1-2H3,(H,18,20)/b17-10-. The van der Waals surface area contributed by atoms with Crippen LogP contribution < -0.4 is 14.9 Å². The Morgan fingerprint density at radius 1 is 1.14 bits per heavy atom. The monoisotopic (exact) mass is 300 g/mol. The predicted molar refractivity (Wildman–Crippen MR) is 82.7 cm³/mol. The number of nitrogens with one attached hydrogen (secondary N) is 1. The molecule has 0 radical (unpaired) electrons. The largest absolute Gasteiger partial charge is 0.507 e. The van der Waals surface area contributed by atoms with Crippen molar-refractivity contribution in [1.82, 2.24) is 5.43 Å². The average Bonchev–Trinajstić information content (AvgIpc) is 2.54. The summed E-state index contributed by atoms with van der Waals surface area (Å²) in [5, 5.41) is 13.5. The van der Waals surface area contributed by atoms with Gasteiger partial charge in [-0.05, 0) is 24.3 Å². The van der Waals surface area contributed by atoms with Crippen molar-refractivity contribution in [3.8, 4) is 17.2 Å². The maximum atomic E-state index is 11.9. The van der Waals surface area contributed by atoms with Gasteiger partial charge in [0.1, 0.15) is 17.2 Å². The van der Waals surface area contributed by atoms with Crippen LogP contribution in [-0.2, 0) is 0 Å². The number of methoxy groups -OCH3 is 2. The quantitative estimate of drug-likeness (QED) is 0.655. The van der Waals surface area contributed by atoms with Crippen LogP contribution in [0.15, 0.2) is 47.6 Å². The van der Waals surface area contributed by atoms with Crippen LogP contribution in [0.4, 0.5) is 0 Å². The summed E-state index contributed by atoms with van der Waals surface area (Å²) in [6.45, 7) is 0. The van der Waals surface area contributed by atoms with Gasteiger partial charge in [-0.1, -0.05) is 12.1 Å². The molecule has 114 valence electrons. The highest BCUT2D eigenvalue weighted by atomic mass is 16.5. The van der Waals surface area contributed by atoms with Crippen molar-refractivity contribution in [1.29, 1.82) is 0 Å². The van der Waals surface area contributed by atoms with Gasteiger partial charge in [-0.25, -0.2) is 5.43 Å². The molecule has 0 saturated carbocycles. The lowest BCUT2D eigenvalue weighted by molar-refractivity contribution is 0.0952. The van der Waals surface area contributed by atoms with Gasteiger partial charge >= 0.3 is 0 Å². The molecule has 22 heavy (non-hydrogen) atoms. The van der Waals surface area contributed by atoms with Gasteiger partial charge in [0.25, 0.3) is 5.91 Å². The first-order valence-corrected chi connectivity index (χ1v) is 6.48. The number of ether oxygens (including phenoxy) is 2. The van der Waals surface area contributed by atoms with Crippen molar-refractivity contribution < 1.29 is 19.4 Å². The third kappa shape index (κ3) is 3.76. The van der Waals surface area contributed by atoms with Crippen LogP contribution in [0, 0.1) is 0 Å². The minimum absolute atomic E-state index is 0.0988. The van der Waals surface area contributed by atoms with E-state index in [1.165, 1.54) is 18.3 Å². The summed E-state index contributed by atoms with van der Waals surface area (Å²) < 4.78 is 10.3. The first kappa shape index (κ1) is 15.4. The summed E-state index contributed by atoms with van der Waals surface area (Å²) in [6.07, 6.45) is 1.46. The highest BCUT2D eigenvalue weighted by Crippen LogP contribution is 2.21. The molecule has 0 unspecified atom stereocenters. The Morgan fingerprint density at radius 2 is 1.77 bits per heavy atom. The minimum atomic E-state index is -0.496. The molecule has 0 bridgehead atoms. The summed E-state index contributed by atoms with van der Waals surface area (Å²) in [5.74, 6) is 0.642. The topological polar surface area (TPSA) is 80.2 Å². The van der Waals surface area contributed by atoms with E-state index in [0.29, 0.717) is 17.1 Å². The van der Waals surface area contributed by atoms with Crippen molar-refractivity contribution >= 4 is 12.1 Å². The van der Waals surface area contributed by atoms with Crippen LogP contribution >= 0.6 is 0 Å². The molecule has 2 rings (SSSR count).